The van der Waals surface area contributed by atoms with Gasteiger partial charge < -0.3 is 10.1 Å². The van der Waals surface area contributed by atoms with Crippen molar-refractivity contribution in [2.24, 2.45) is 0 Å². The van der Waals surface area contributed by atoms with Crippen molar-refractivity contribution >= 4 is 0 Å². The van der Waals surface area contributed by atoms with Crippen molar-refractivity contribution in [2.75, 3.05) is 26.2 Å². The molecule has 1 aliphatic heterocycles. The SMILES string of the molecule is CC[C@H](c1cccc(OCc2ccccc2)c1)N1CCNCC1. The Morgan fingerprint density at radius 1 is 1.04 bits per heavy atom. The second kappa shape index (κ2) is 8.14. The largest absolute Gasteiger partial charge is 0.489 e. The zero-order valence-corrected chi connectivity index (χ0v) is 13.9. The van der Waals surface area contributed by atoms with Gasteiger partial charge in [0, 0.05) is 32.2 Å². The van der Waals surface area contributed by atoms with E-state index in [1.807, 2.05) is 18.2 Å². The molecule has 122 valence electrons. The van der Waals surface area contributed by atoms with Crippen LogP contribution in [0.15, 0.2) is 54.6 Å². The second-order valence-electron chi connectivity index (χ2n) is 6.06. The van der Waals surface area contributed by atoms with Crippen LogP contribution >= 0.6 is 0 Å². The molecule has 23 heavy (non-hydrogen) atoms. The molecule has 0 saturated carbocycles. The van der Waals surface area contributed by atoms with Crippen LogP contribution in [0.5, 0.6) is 5.75 Å². The maximum atomic E-state index is 5.98. The zero-order valence-electron chi connectivity index (χ0n) is 13.9. The molecule has 1 aliphatic rings. The molecule has 0 aromatic heterocycles. The molecule has 0 aliphatic carbocycles. The van der Waals surface area contributed by atoms with Gasteiger partial charge in [0.1, 0.15) is 12.4 Å². The lowest BCUT2D eigenvalue weighted by molar-refractivity contribution is 0.169. The van der Waals surface area contributed by atoms with E-state index >= 15 is 0 Å². The lowest BCUT2D eigenvalue weighted by atomic mass is 10.0. The molecule has 0 spiro atoms. The van der Waals surface area contributed by atoms with Crippen LogP contribution in [-0.4, -0.2) is 31.1 Å². The average Bonchev–Trinajstić information content (AvgIpc) is 2.63. The Kier molecular flexibility index (Phi) is 5.67. The van der Waals surface area contributed by atoms with E-state index in [0.717, 1.165) is 38.3 Å². The van der Waals surface area contributed by atoms with E-state index < -0.39 is 0 Å². The van der Waals surface area contributed by atoms with Gasteiger partial charge in [0.2, 0.25) is 0 Å². The monoisotopic (exact) mass is 310 g/mol. The number of hydrogen-bond donors (Lipinski definition) is 1. The first kappa shape index (κ1) is 16.0. The fourth-order valence-corrected chi connectivity index (χ4v) is 3.25. The number of piperazine rings is 1. The van der Waals surface area contributed by atoms with Crippen LogP contribution in [0.1, 0.15) is 30.5 Å². The zero-order chi connectivity index (χ0) is 15.9. The van der Waals surface area contributed by atoms with Crippen LogP contribution in [-0.2, 0) is 6.61 Å². The van der Waals surface area contributed by atoms with E-state index in [1.54, 1.807) is 0 Å². The minimum absolute atomic E-state index is 0.484. The highest BCUT2D eigenvalue weighted by Crippen LogP contribution is 2.27. The number of ether oxygens (including phenoxy) is 1. The third kappa shape index (κ3) is 4.34. The predicted molar refractivity (Wildman–Crippen MR) is 94.7 cm³/mol. The van der Waals surface area contributed by atoms with Crippen LogP contribution < -0.4 is 10.1 Å². The number of benzene rings is 2. The van der Waals surface area contributed by atoms with Crippen molar-refractivity contribution in [3.05, 3.63) is 65.7 Å². The third-order valence-corrected chi connectivity index (χ3v) is 4.47. The molecule has 3 rings (SSSR count). The molecule has 0 radical (unpaired) electrons. The molecule has 0 amide bonds. The van der Waals surface area contributed by atoms with Gasteiger partial charge in [0.05, 0.1) is 0 Å². The summed E-state index contributed by atoms with van der Waals surface area (Å²) in [4.78, 5) is 2.58. The van der Waals surface area contributed by atoms with Crippen LogP contribution in [0, 0.1) is 0 Å². The molecule has 1 fully saturated rings. The van der Waals surface area contributed by atoms with E-state index in [-0.39, 0.29) is 0 Å². The molecule has 1 heterocycles. The summed E-state index contributed by atoms with van der Waals surface area (Å²) in [7, 11) is 0. The van der Waals surface area contributed by atoms with Crippen molar-refractivity contribution in [2.45, 2.75) is 26.0 Å². The number of nitrogens with zero attached hydrogens (tertiary/aromatic N) is 1. The topological polar surface area (TPSA) is 24.5 Å². The molecule has 2 aromatic rings. The van der Waals surface area contributed by atoms with E-state index in [0.29, 0.717) is 12.6 Å². The Labute approximate surface area is 139 Å². The minimum Gasteiger partial charge on any atom is -0.489 e. The number of nitrogens with one attached hydrogen (secondary N) is 1. The van der Waals surface area contributed by atoms with E-state index in [4.69, 9.17) is 4.74 Å². The average molecular weight is 310 g/mol. The molecule has 1 N–H and O–H groups in total. The molecular weight excluding hydrogens is 284 g/mol. The molecular formula is C20H26N2O. The Morgan fingerprint density at radius 2 is 1.83 bits per heavy atom. The van der Waals surface area contributed by atoms with E-state index in [1.165, 1.54) is 11.1 Å². The summed E-state index contributed by atoms with van der Waals surface area (Å²) >= 11 is 0. The third-order valence-electron chi connectivity index (χ3n) is 4.47. The van der Waals surface area contributed by atoms with Gasteiger partial charge in [-0.05, 0) is 29.7 Å². The first-order chi connectivity index (χ1) is 11.4. The lowest BCUT2D eigenvalue weighted by Crippen LogP contribution is -2.45. The van der Waals surface area contributed by atoms with Crippen LogP contribution in [0.3, 0.4) is 0 Å². The quantitative estimate of drug-likeness (QED) is 0.882. The fraction of sp³-hybridized carbons (Fsp3) is 0.400. The predicted octanol–water partition coefficient (Wildman–Crippen LogP) is 3.62. The second-order valence-corrected chi connectivity index (χ2v) is 6.06. The van der Waals surface area contributed by atoms with Gasteiger partial charge >= 0.3 is 0 Å². The molecule has 2 aromatic carbocycles. The van der Waals surface area contributed by atoms with Crippen molar-refractivity contribution in [3.8, 4) is 5.75 Å². The van der Waals surface area contributed by atoms with Crippen LogP contribution in [0.2, 0.25) is 0 Å². The molecule has 1 saturated heterocycles. The fourth-order valence-electron chi connectivity index (χ4n) is 3.25. The Hall–Kier alpha value is -1.84. The summed E-state index contributed by atoms with van der Waals surface area (Å²) < 4.78 is 5.98. The van der Waals surface area contributed by atoms with Crippen molar-refractivity contribution in [1.29, 1.82) is 0 Å². The number of rotatable bonds is 6. The Bertz CT molecular complexity index is 594. The van der Waals surface area contributed by atoms with Crippen molar-refractivity contribution in [3.63, 3.8) is 0 Å². The van der Waals surface area contributed by atoms with Gasteiger partial charge in [-0.15, -0.1) is 0 Å². The van der Waals surface area contributed by atoms with E-state index in [9.17, 15) is 0 Å². The van der Waals surface area contributed by atoms with E-state index in [2.05, 4.69) is 53.5 Å². The molecule has 3 heteroatoms. The first-order valence-corrected chi connectivity index (χ1v) is 8.58. The number of hydrogen-bond acceptors (Lipinski definition) is 3. The van der Waals surface area contributed by atoms with Crippen LogP contribution in [0.4, 0.5) is 0 Å². The van der Waals surface area contributed by atoms with Crippen LogP contribution in [0.25, 0.3) is 0 Å². The van der Waals surface area contributed by atoms with Gasteiger partial charge in [-0.25, -0.2) is 0 Å². The van der Waals surface area contributed by atoms with Gasteiger partial charge in [-0.3, -0.25) is 4.90 Å². The summed E-state index contributed by atoms with van der Waals surface area (Å²) in [5.41, 5.74) is 2.56. The standard InChI is InChI=1S/C20H26N2O/c1-2-20(22-13-11-21-12-14-22)18-9-6-10-19(15-18)23-16-17-7-4-3-5-8-17/h3-10,15,20-21H,2,11-14,16H2,1H3/t20-/m1/s1. The van der Waals surface area contributed by atoms with Gasteiger partial charge in [0.15, 0.2) is 0 Å². The molecule has 3 nitrogen and oxygen atoms in total. The maximum absolute atomic E-state index is 5.98. The normalized spacial score (nSPS) is 16.9. The van der Waals surface area contributed by atoms with Gasteiger partial charge in [-0.2, -0.15) is 0 Å². The van der Waals surface area contributed by atoms with Gasteiger partial charge in [-0.1, -0.05) is 49.4 Å². The summed E-state index contributed by atoms with van der Waals surface area (Å²) in [5, 5.41) is 3.43. The van der Waals surface area contributed by atoms with Crippen molar-refractivity contribution in [1.82, 2.24) is 10.2 Å². The summed E-state index contributed by atoms with van der Waals surface area (Å²) in [6.45, 7) is 7.29. The highest BCUT2D eigenvalue weighted by molar-refractivity contribution is 5.31. The van der Waals surface area contributed by atoms with Crippen molar-refractivity contribution < 1.29 is 4.74 Å². The molecule has 0 unspecified atom stereocenters. The lowest BCUT2D eigenvalue weighted by Gasteiger charge is -2.34. The highest BCUT2D eigenvalue weighted by Gasteiger charge is 2.20. The summed E-state index contributed by atoms with van der Waals surface area (Å²) in [5.74, 6) is 0.958. The summed E-state index contributed by atoms with van der Waals surface area (Å²) in [6, 6.07) is 19.4. The molecule has 1 atom stereocenters. The first-order valence-electron chi connectivity index (χ1n) is 8.58. The Morgan fingerprint density at radius 3 is 2.57 bits per heavy atom. The highest BCUT2D eigenvalue weighted by atomic mass is 16.5. The maximum Gasteiger partial charge on any atom is 0.120 e. The van der Waals surface area contributed by atoms with Gasteiger partial charge in [0.25, 0.3) is 0 Å². The molecule has 0 bridgehead atoms. The summed E-state index contributed by atoms with van der Waals surface area (Å²) in [6.07, 6.45) is 1.13. The minimum atomic E-state index is 0.484. The smallest absolute Gasteiger partial charge is 0.120 e. The Balaban J connectivity index is 1.68.